The maximum absolute atomic E-state index is 9.57. The van der Waals surface area contributed by atoms with E-state index >= 15 is 0 Å². The third-order valence-corrected chi connectivity index (χ3v) is 1.94. The fourth-order valence-electron chi connectivity index (χ4n) is 1.07. The molecule has 0 saturated heterocycles. The molecule has 0 aliphatic heterocycles. The summed E-state index contributed by atoms with van der Waals surface area (Å²) in [5.74, 6) is 0. The zero-order valence-electron chi connectivity index (χ0n) is 5.62. The summed E-state index contributed by atoms with van der Waals surface area (Å²) in [6.45, 7) is 0. The van der Waals surface area contributed by atoms with Crippen LogP contribution in [0.1, 0.15) is 18.4 Å². The molecule has 1 aromatic rings. The molecule has 2 nitrogen and oxygen atoms in total. The Morgan fingerprint density at radius 2 is 1.90 bits per heavy atom. The Kier molecular flexibility index (Phi) is 1.05. The zero-order valence-corrected chi connectivity index (χ0v) is 5.62. The number of rotatable bonds is 1. The average molecular weight is 135 g/mol. The van der Waals surface area contributed by atoms with Crippen LogP contribution in [0.4, 0.5) is 0 Å². The lowest BCUT2D eigenvalue weighted by Crippen LogP contribution is -2.03. The van der Waals surface area contributed by atoms with Gasteiger partial charge in [0.1, 0.15) is 0 Å². The predicted molar refractivity (Wildman–Crippen MR) is 37.4 cm³/mol. The number of nitrogens with zero attached hydrogens (tertiary/aromatic N) is 1. The fourth-order valence-corrected chi connectivity index (χ4v) is 1.07. The maximum atomic E-state index is 9.57. The Labute approximate surface area is 59.5 Å². The van der Waals surface area contributed by atoms with Gasteiger partial charge in [0.2, 0.25) is 0 Å². The molecule has 0 radical (unpaired) electrons. The monoisotopic (exact) mass is 135 g/mol. The molecule has 10 heavy (non-hydrogen) atoms. The molecule has 2 heteroatoms. The molecule has 0 aromatic carbocycles. The molecule has 1 aliphatic carbocycles. The first-order valence-corrected chi connectivity index (χ1v) is 3.44. The van der Waals surface area contributed by atoms with Crippen molar-refractivity contribution < 1.29 is 5.11 Å². The topological polar surface area (TPSA) is 33.1 Å². The van der Waals surface area contributed by atoms with Crippen LogP contribution >= 0.6 is 0 Å². The molecular formula is C8H9NO. The lowest BCUT2D eigenvalue weighted by molar-refractivity contribution is 0.151. The van der Waals surface area contributed by atoms with Crippen LogP contribution in [0.25, 0.3) is 0 Å². The van der Waals surface area contributed by atoms with Crippen LogP contribution in [-0.2, 0) is 5.60 Å². The van der Waals surface area contributed by atoms with E-state index in [1.807, 2.05) is 12.1 Å². The zero-order chi connectivity index (χ0) is 7.03. The SMILES string of the molecule is OC1(c2ccncc2)CC1. The highest BCUT2D eigenvalue weighted by molar-refractivity contribution is 5.24. The van der Waals surface area contributed by atoms with Crippen LogP contribution < -0.4 is 0 Å². The average Bonchev–Trinajstić information content (AvgIpc) is 2.72. The van der Waals surface area contributed by atoms with Crippen LogP contribution in [-0.4, -0.2) is 10.1 Å². The smallest absolute Gasteiger partial charge is 0.0900 e. The molecule has 1 heterocycles. The van der Waals surface area contributed by atoms with Crippen LogP contribution in [0.2, 0.25) is 0 Å². The highest BCUT2D eigenvalue weighted by Gasteiger charge is 2.41. The van der Waals surface area contributed by atoms with Crippen LogP contribution in [0.5, 0.6) is 0 Å². The van der Waals surface area contributed by atoms with Crippen molar-refractivity contribution in [2.75, 3.05) is 0 Å². The Bertz CT molecular complexity index is 228. The highest BCUT2D eigenvalue weighted by atomic mass is 16.3. The van der Waals surface area contributed by atoms with Crippen LogP contribution in [0, 0.1) is 0 Å². The van der Waals surface area contributed by atoms with E-state index in [4.69, 9.17) is 0 Å². The molecule has 1 aromatic heterocycles. The minimum Gasteiger partial charge on any atom is -0.385 e. The first-order valence-electron chi connectivity index (χ1n) is 3.44. The van der Waals surface area contributed by atoms with Gasteiger partial charge < -0.3 is 5.11 Å². The van der Waals surface area contributed by atoms with Gasteiger partial charge in [0, 0.05) is 12.4 Å². The van der Waals surface area contributed by atoms with Crippen molar-refractivity contribution in [3.8, 4) is 0 Å². The molecule has 52 valence electrons. The predicted octanol–water partition coefficient (Wildman–Crippen LogP) is 1.06. The minimum atomic E-state index is -0.497. The van der Waals surface area contributed by atoms with E-state index < -0.39 is 5.60 Å². The number of hydrogen-bond acceptors (Lipinski definition) is 2. The molecule has 0 bridgehead atoms. The Morgan fingerprint density at radius 1 is 1.30 bits per heavy atom. The quantitative estimate of drug-likeness (QED) is 0.624. The van der Waals surface area contributed by atoms with Crippen molar-refractivity contribution in [1.82, 2.24) is 4.98 Å². The van der Waals surface area contributed by atoms with Gasteiger partial charge in [-0.05, 0) is 30.5 Å². The van der Waals surface area contributed by atoms with Crippen molar-refractivity contribution in [1.29, 1.82) is 0 Å². The first kappa shape index (κ1) is 5.86. The van der Waals surface area contributed by atoms with Gasteiger partial charge in [-0.2, -0.15) is 0 Å². The van der Waals surface area contributed by atoms with Gasteiger partial charge in [-0.3, -0.25) is 4.98 Å². The van der Waals surface area contributed by atoms with E-state index in [1.165, 1.54) is 0 Å². The normalized spacial score (nSPS) is 20.5. The Balaban J connectivity index is 2.35. The van der Waals surface area contributed by atoms with E-state index in [9.17, 15) is 5.11 Å². The maximum Gasteiger partial charge on any atom is 0.0900 e. The van der Waals surface area contributed by atoms with E-state index in [1.54, 1.807) is 12.4 Å². The summed E-state index contributed by atoms with van der Waals surface area (Å²) in [5.41, 5.74) is 0.505. The summed E-state index contributed by atoms with van der Waals surface area (Å²) < 4.78 is 0. The van der Waals surface area contributed by atoms with Crippen molar-refractivity contribution in [3.05, 3.63) is 30.1 Å². The van der Waals surface area contributed by atoms with Gasteiger partial charge >= 0.3 is 0 Å². The summed E-state index contributed by atoms with van der Waals surface area (Å²) in [6.07, 6.45) is 5.23. The summed E-state index contributed by atoms with van der Waals surface area (Å²) in [5, 5.41) is 9.57. The second-order valence-corrected chi connectivity index (χ2v) is 2.77. The standard InChI is InChI=1S/C8H9NO/c10-8(3-4-8)7-1-5-9-6-2-7/h1-2,5-6,10H,3-4H2. The number of aliphatic hydroxyl groups is 1. The van der Waals surface area contributed by atoms with E-state index in [2.05, 4.69) is 4.98 Å². The molecule has 0 unspecified atom stereocenters. The van der Waals surface area contributed by atoms with E-state index in [0.29, 0.717) is 0 Å². The minimum absolute atomic E-state index is 0.497. The number of aromatic nitrogens is 1. The summed E-state index contributed by atoms with van der Waals surface area (Å²) in [6, 6.07) is 3.74. The van der Waals surface area contributed by atoms with Crippen molar-refractivity contribution in [3.63, 3.8) is 0 Å². The van der Waals surface area contributed by atoms with Crippen molar-refractivity contribution >= 4 is 0 Å². The lowest BCUT2D eigenvalue weighted by Gasteiger charge is -2.04. The second kappa shape index (κ2) is 1.80. The fraction of sp³-hybridized carbons (Fsp3) is 0.375. The van der Waals surface area contributed by atoms with E-state index in [-0.39, 0.29) is 0 Å². The summed E-state index contributed by atoms with van der Waals surface area (Å²) in [4.78, 5) is 3.88. The molecular weight excluding hydrogens is 126 g/mol. The van der Waals surface area contributed by atoms with Gasteiger partial charge in [0.05, 0.1) is 5.60 Å². The molecule has 0 spiro atoms. The molecule has 1 N–H and O–H groups in total. The number of pyridine rings is 1. The summed E-state index contributed by atoms with van der Waals surface area (Å²) in [7, 11) is 0. The number of hydrogen-bond donors (Lipinski definition) is 1. The largest absolute Gasteiger partial charge is 0.385 e. The molecule has 1 aliphatic rings. The lowest BCUT2D eigenvalue weighted by atomic mass is 10.1. The molecule has 0 amide bonds. The van der Waals surface area contributed by atoms with Gasteiger partial charge in [-0.25, -0.2) is 0 Å². The van der Waals surface area contributed by atoms with Gasteiger partial charge in [-0.1, -0.05) is 0 Å². The van der Waals surface area contributed by atoms with E-state index in [0.717, 1.165) is 18.4 Å². The molecule has 1 fully saturated rings. The Hall–Kier alpha value is -0.890. The Morgan fingerprint density at radius 3 is 2.40 bits per heavy atom. The van der Waals surface area contributed by atoms with Crippen molar-refractivity contribution in [2.45, 2.75) is 18.4 Å². The molecule has 2 rings (SSSR count). The molecule has 0 atom stereocenters. The van der Waals surface area contributed by atoms with Crippen LogP contribution in [0.3, 0.4) is 0 Å². The highest BCUT2D eigenvalue weighted by Crippen LogP contribution is 2.44. The van der Waals surface area contributed by atoms with Crippen LogP contribution in [0.15, 0.2) is 24.5 Å². The third-order valence-electron chi connectivity index (χ3n) is 1.94. The summed E-state index contributed by atoms with van der Waals surface area (Å²) >= 11 is 0. The van der Waals surface area contributed by atoms with Gasteiger partial charge in [0.25, 0.3) is 0 Å². The third kappa shape index (κ3) is 0.809. The molecule has 1 saturated carbocycles. The second-order valence-electron chi connectivity index (χ2n) is 2.77. The van der Waals surface area contributed by atoms with Gasteiger partial charge in [-0.15, -0.1) is 0 Å². The van der Waals surface area contributed by atoms with Gasteiger partial charge in [0.15, 0.2) is 0 Å². The van der Waals surface area contributed by atoms with Crippen molar-refractivity contribution in [2.24, 2.45) is 0 Å². The first-order chi connectivity index (χ1) is 4.81.